The monoisotopic (exact) mass is 560 g/mol. The smallest absolute Gasteiger partial charge is 0.409 e. The lowest BCUT2D eigenvalue weighted by atomic mass is 10.3. The van der Waals surface area contributed by atoms with Crippen molar-refractivity contribution in [2.75, 3.05) is 51.6 Å². The Kier molecular flexibility index (Phi) is 11.2. The van der Waals surface area contributed by atoms with Crippen molar-refractivity contribution >= 4 is 57.2 Å². The molecule has 0 spiro atoms. The molecule has 2 heterocycles. The first-order valence-corrected chi connectivity index (χ1v) is 11.8. The van der Waals surface area contributed by atoms with Crippen LogP contribution in [0.2, 0.25) is 0 Å². The minimum atomic E-state index is -3.52. The highest BCUT2D eigenvalue weighted by molar-refractivity contribution is 14.0. The zero-order chi connectivity index (χ0) is 20.6. The van der Waals surface area contributed by atoms with Gasteiger partial charge in [0.15, 0.2) is 15.8 Å². The highest BCUT2D eigenvalue weighted by atomic mass is 127. The highest BCUT2D eigenvalue weighted by Gasteiger charge is 2.25. The number of hydrogen-bond donors (Lipinski definition) is 2. The Hall–Kier alpha value is -1.12. The number of amides is 1. The lowest BCUT2D eigenvalue weighted by Gasteiger charge is -2.36. The van der Waals surface area contributed by atoms with Crippen LogP contribution >= 0.6 is 35.3 Å². The van der Waals surface area contributed by atoms with Crippen LogP contribution in [-0.4, -0.2) is 93.1 Å². The van der Waals surface area contributed by atoms with Crippen molar-refractivity contribution < 1.29 is 23.1 Å². The van der Waals surface area contributed by atoms with E-state index in [2.05, 4.69) is 10.3 Å². The number of carbonyl (C=O) groups excluding carboxylic acids is 1. The predicted molar refractivity (Wildman–Crippen MR) is 124 cm³/mol. The van der Waals surface area contributed by atoms with Gasteiger partial charge in [0.2, 0.25) is 0 Å². The number of rotatable bonds is 7. The van der Waals surface area contributed by atoms with Crippen LogP contribution in [0.15, 0.2) is 26.7 Å². The first-order chi connectivity index (χ1) is 13.4. The van der Waals surface area contributed by atoms with E-state index in [-0.39, 0.29) is 46.6 Å². The molecule has 1 fully saturated rings. The molecule has 12 heteroatoms. The number of aliphatic hydroxyl groups excluding tert-OH is 1. The molecule has 1 unspecified atom stereocenters. The zero-order valence-electron chi connectivity index (χ0n) is 16.6. The summed E-state index contributed by atoms with van der Waals surface area (Å²) in [4.78, 5) is 19.8. The second-order valence-electron chi connectivity index (χ2n) is 6.23. The average molecular weight is 560 g/mol. The van der Waals surface area contributed by atoms with E-state index < -0.39 is 15.9 Å². The number of nitrogens with zero attached hydrogens (tertiary/aromatic N) is 3. The zero-order valence-corrected chi connectivity index (χ0v) is 20.6. The third-order valence-corrected chi connectivity index (χ3v) is 7.39. The number of carbonyl (C=O) groups is 1. The first kappa shape index (κ1) is 25.9. The molecule has 9 nitrogen and oxygen atoms in total. The maximum absolute atomic E-state index is 12.3. The van der Waals surface area contributed by atoms with Gasteiger partial charge in [-0.25, -0.2) is 13.2 Å². The molecule has 1 aliphatic rings. The number of nitrogens with one attached hydrogen (secondary N) is 1. The maximum atomic E-state index is 12.3. The number of aliphatic hydroxyl groups is 1. The van der Waals surface area contributed by atoms with Crippen molar-refractivity contribution in [3.8, 4) is 0 Å². The van der Waals surface area contributed by atoms with E-state index in [1.165, 1.54) is 6.07 Å². The Morgan fingerprint density at radius 1 is 1.31 bits per heavy atom. The third kappa shape index (κ3) is 7.90. The molecular weight excluding hydrogens is 531 g/mol. The van der Waals surface area contributed by atoms with Crippen LogP contribution in [-0.2, 0) is 14.6 Å². The molecule has 1 saturated heterocycles. The largest absolute Gasteiger partial charge is 0.450 e. The number of halogens is 1. The summed E-state index contributed by atoms with van der Waals surface area (Å²) in [5.74, 6) is 0.228. The summed E-state index contributed by atoms with van der Waals surface area (Å²) in [6.07, 6.45) is -1.42. The number of aliphatic imine (C=N–C) groups is 1. The Labute approximate surface area is 193 Å². The lowest BCUT2D eigenvalue weighted by Crippen LogP contribution is -2.54. The SMILES string of the molecule is CCNC(=NCC(O)CS(=O)(=O)c1cccs1)N1CCN(C(=O)OCC)CC1.I. The Balaban J connectivity index is 0.00000420. The minimum absolute atomic E-state index is 0. The summed E-state index contributed by atoms with van der Waals surface area (Å²) in [6.45, 7) is 6.84. The van der Waals surface area contributed by atoms with Crippen molar-refractivity contribution in [2.45, 2.75) is 24.2 Å². The van der Waals surface area contributed by atoms with E-state index in [0.29, 0.717) is 45.3 Å². The van der Waals surface area contributed by atoms with E-state index in [9.17, 15) is 18.3 Å². The second kappa shape index (κ2) is 12.5. The summed E-state index contributed by atoms with van der Waals surface area (Å²) in [6, 6.07) is 3.20. The van der Waals surface area contributed by atoms with Crippen molar-refractivity contribution in [3.63, 3.8) is 0 Å². The average Bonchev–Trinajstić information content (AvgIpc) is 3.21. The Bertz CT molecular complexity index is 750. The lowest BCUT2D eigenvalue weighted by molar-refractivity contribution is 0.0914. The van der Waals surface area contributed by atoms with Gasteiger partial charge < -0.3 is 25.0 Å². The Morgan fingerprint density at radius 2 is 1.97 bits per heavy atom. The van der Waals surface area contributed by atoms with E-state index in [4.69, 9.17) is 4.74 Å². The van der Waals surface area contributed by atoms with Gasteiger partial charge in [0.1, 0.15) is 4.21 Å². The van der Waals surface area contributed by atoms with E-state index in [1.54, 1.807) is 23.3 Å². The molecule has 1 aromatic heterocycles. The normalized spacial score (nSPS) is 16.2. The van der Waals surface area contributed by atoms with Gasteiger partial charge in [-0.1, -0.05) is 6.07 Å². The second-order valence-corrected chi connectivity index (χ2v) is 9.44. The van der Waals surface area contributed by atoms with Gasteiger partial charge in [-0.3, -0.25) is 4.99 Å². The molecule has 0 aromatic carbocycles. The fourth-order valence-corrected chi connectivity index (χ4v) is 5.23. The summed E-state index contributed by atoms with van der Waals surface area (Å²) < 4.78 is 29.8. The van der Waals surface area contributed by atoms with Crippen LogP contribution < -0.4 is 5.32 Å². The van der Waals surface area contributed by atoms with E-state index in [0.717, 1.165) is 11.3 Å². The summed E-state index contributed by atoms with van der Waals surface area (Å²) >= 11 is 1.14. The van der Waals surface area contributed by atoms with Gasteiger partial charge in [-0.2, -0.15) is 0 Å². The standard InChI is InChI=1S/C17H28N4O5S2.HI/c1-3-18-16(20-7-9-21(10-8-20)17(23)26-4-2)19-12-14(22)13-28(24,25)15-6-5-11-27-15;/h5-6,11,14,22H,3-4,7-10,12-13H2,1-2H3,(H,18,19);1H. The van der Waals surface area contributed by atoms with Crippen LogP contribution in [0.1, 0.15) is 13.8 Å². The van der Waals surface area contributed by atoms with Gasteiger partial charge >= 0.3 is 6.09 Å². The van der Waals surface area contributed by atoms with E-state index in [1.807, 2.05) is 11.8 Å². The molecular formula is C17H29IN4O5S2. The van der Waals surface area contributed by atoms with Gasteiger partial charge in [-0.05, 0) is 25.3 Å². The quantitative estimate of drug-likeness (QED) is 0.293. The molecule has 0 aliphatic carbocycles. The molecule has 1 amide bonds. The number of sulfone groups is 1. The van der Waals surface area contributed by atoms with Crippen LogP contribution in [0.3, 0.4) is 0 Å². The molecule has 1 aliphatic heterocycles. The van der Waals surface area contributed by atoms with Gasteiger partial charge in [-0.15, -0.1) is 35.3 Å². The number of thiophene rings is 1. The molecule has 29 heavy (non-hydrogen) atoms. The van der Waals surface area contributed by atoms with Crippen molar-refractivity contribution in [1.82, 2.24) is 15.1 Å². The van der Waals surface area contributed by atoms with Crippen molar-refractivity contribution in [3.05, 3.63) is 17.5 Å². The maximum Gasteiger partial charge on any atom is 0.409 e. The molecule has 1 aromatic rings. The number of hydrogen-bond acceptors (Lipinski definition) is 7. The highest BCUT2D eigenvalue weighted by Crippen LogP contribution is 2.18. The number of piperazine rings is 1. The van der Waals surface area contributed by atoms with Crippen LogP contribution in [0.5, 0.6) is 0 Å². The van der Waals surface area contributed by atoms with E-state index >= 15 is 0 Å². The Morgan fingerprint density at radius 3 is 2.52 bits per heavy atom. The fraction of sp³-hybridized carbons (Fsp3) is 0.647. The van der Waals surface area contributed by atoms with Crippen molar-refractivity contribution in [2.24, 2.45) is 4.99 Å². The summed E-state index contributed by atoms with van der Waals surface area (Å²) in [5.41, 5.74) is 0. The summed E-state index contributed by atoms with van der Waals surface area (Å²) in [7, 11) is -3.52. The molecule has 0 radical (unpaired) electrons. The first-order valence-electron chi connectivity index (χ1n) is 9.26. The number of guanidine groups is 1. The predicted octanol–water partition coefficient (Wildman–Crippen LogP) is 1.24. The summed E-state index contributed by atoms with van der Waals surface area (Å²) in [5, 5.41) is 15.0. The fourth-order valence-electron chi connectivity index (χ4n) is 2.76. The molecule has 2 N–H and O–H groups in total. The minimum Gasteiger partial charge on any atom is -0.450 e. The molecule has 2 rings (SSSR count). The molecule has 166 valence electrons. The van der Waals surface area contributed by atoms with Crippen LogP contribution in [0.4, 0.5) is 4.79 Å². The third-order valence-electron chi connectivity index (χ3n) is 4.11. The van der Waals surface area contributed by atoms with Gasteiger partial charge in [0, 0.05) is 32.7 Å². The topological polar surface area (TPSA) is 112 Å². The molecule has 1 atom stereocenters. The van der Waals surface area contributed by atoms with Crippen molar-refractivity contribution in [1.29, 1.82) is 0 Å². The van der Waals surface area contributed by atoms with Crippen LogP contribution in [0.25, 0.3) is 0 Å². The molecule has 0 bridgehead atoms. The number of ether oxygens (including phenoxy) is 1. The van der Waals surface area contributed by atoms with Gasteiger partial charge in [0.25, 0.3) is 0 Å². The van der Waals surface area contributed by atoms with Gasteiger partial charge in [0.05, 0.1) is 25.0 Å². The van der Waals surface area contributed by atoms with Crippen LogP contribution in [0, 0.1) is 0 Å². The molecule has 0 saturated carbocycles.